The molecule has 0 aliphatic heterocycles. The van der Waals surface area contributed by atoms with E-state index >= 15 is 0 Å². The second kappa shape index (κ2) is 5.36. The van der Waals surface area contributed by atoms with Crippen LogP contribution >= 0.6 is 0 Å². The van der Waals surface area contributed by atoms with Crippen molar-refractivity contribution < 1.29 is 17.5 Å². The van der Waals surface area contributed by atoms with Gasteiger partial charge in [-0.2, -0.15) is 8.42 Å². The van der Waals surface area contributed by atoms with Crippen molar-refractivity contribution in [2.24, 2.45) is 0 Å². The first-order valence-corrected chi connectivity index (χ1v) is 5.84. The minimum Gasteiger partial charge on any atom is -0.264 e. The van der Waals surface area contributed by atoms with Gasteiger partial charge in [0.2, 0.25) is 5.39 Å². The lowest BCUT2D eigenvalue weighted by atomic mass is 10.1. The van der Waals surface area contributed by atoms with Gasteiger partial charge in [0.1, 0.15) is 0 Å². The van der Waals surface area contributed by atoms with Crippen molar-refractivity contribution in [3.05, 3.63) is 47.4 Å². The summed E-state index contributed by atoms with van der Waals surface area (Å²) in [6.07, 6.45) is 0. The van der Waals surface area contributed by atoms with Gasteiger partial charge in [0.25, 0.3) is 0 Å². The number of fused-ring (bicyclic) bond motifs is 1. The molecule has 2 rings (SSSR count). The fourth-order valence-electron chi connectivity index (χ4n) is 1.30. The Labute approximate surface area is 97.7 Å². The average molecular weight is 253 g/mol. The van der Waals surface area contributed by atoms with Gasteiger partial charge < -0.3 is 0 Å². The molecule has 2 aromatic carbocycles. The Bertz CT molecular complexity index is 648. The van der Waals surface area contributed by atoms with Crippen molar-refractivity contribution in [2.75, 3.05) is 0 Å². The third kappa shape index (κ3) is 4.56. The van der Waals surface area contributed by atoms with Crippen molar-refractivity contribution >= 4 is 26.9 Å². The first kappa shape index (κ1) is 13.1. The molecule has 0 unspecified atom stereocenters. The predicted octanol–water partition coefficient (Wildman–Crippen LogP) is 2.67. The van der Waals surface area contributed by atoms with Crippen molar-refractivity contribution in [3.8, 4) is 0 Å². The number of nitrogens with zero attached hydrogens (tertiary/aromatic N) is 2. The van der Waals surface area contributed by atoms with Crippen LogP contribution in [0.1, 0.15) is 0 Å². The maximum absolute atomic E-state index is 8.74. The largest absolute Gasteiger partial charge is 0.394 e. The molecule has 0 aliphatic rings. The number of rotatable bonds is 0. The Morgan fingerprint density at radius 1 is 1.00 bits per heavy atom. The van der Waals surface area contributed by atoms with Crippen LogP contribution in [0.25, 0.3) is 15.7 Å². The van der Waals surface area contributed by atoms with E-state index in [0.717, 1.165) is 10.8 Å². The average Bonchev–Trinajstić information content (AvgIpc) is 2.26. The molecule has 0 saturated heterocycles. The third-order valence-electron chi connectivity index (χ3n) is 1.87. The summed E-state index contributed by atoms with van der Waals surface area (Å²) in [7, 11) is -4.67. The molecule has 17 heavy (non-hydrogen) atoms. The van der Waals surface area contributed by atoms with Crippen molar-refractivity contribution in [3.63, 3.8) is 0 Å². The Morgan fingerprint density at radius 3 is 2.12 bits per heavy atom. The number of hydrogen-bond donors (Lipinski definition) is 2. The molecule has 0 aliphatic carbocycles. The Morgan fingerprint density at radius 2 is 1.53 bits per heavy atom. The maximum atomic E-state index is 8.74. The van der Waals surface area contributed by atoms with Gasteiger partial charge >= 0.3 is 16.1 Å². The predicted molar refractivity (Wildman–Crippen MR) is 62.9 cm³/mol. The van der Waals surface area contributed by atoms with E-state index in [2.05, 4.69) is 4.98 Å². The van der Waals surface area contributed by atoms with Gasteiger partial charge in [-0.15, -0.1) is 0 Å². The van der Waals surface area contributed by atoms with E-state index in [9.17, 15) is 0 Å². The minimum absolute atomic E-state index is 0.619. The molecule has 0 atom stereocenters. The number of hydrogen-bond acceptors (Lipinski definition) is 3. The first-order chi connectivity index (χ1) is 7.92. The third-order valence-corrected chi connectivity index (χ3v) is 1.87. The highest BCUT2D eigenvalue weighted by Crippen LogP contribution is 2.24. The van der Waals surface area contributed by atoms with E-state index in [1.807, 2.05) is 36.4 Å². The summed E-state index contributed by atoms with van der Waals surface area (Å²) >= 11 is 0. The zero-order valence-electron chi connectivity index (χ0n) is 8.56. The summed E-state index contributed by atoms with van der Waals surface area (Å²) in [5.41, 5.74) is 0.619. The topological polar surface area (TPSA) is 103 Å². The summed E-state index contributed by atoms with van der Waals surface area (Å²) < 4.78 is 31.6. The van der Waals surface area contributed by atoms with Crippen LogP contribution in [0.5, 0.6) is 0 Å². The van der Waals surface area contributed by atoms with Gasteiger partial charge in [0, 0.05) is 6.07 Å². The molecule has 2 aromatic rings. The van der Waals surface area contributed by atoms with Crippen molar-refractivity contribution in [1.82, 2.24) is 0 Å². The first-order valence-electron chi connectivity index (χ1n) is 4.44. The Balaban J connectivity index is 0.000000249. The van der Waals surface area contributed by atoms with E-state index in [0.29, 0.717) is 5.69 Å². The highest BCUT2D eigenvalue weighted by molar-refractivity contribution is 7.79. The van der Waals surface area contributed by atoms with Crippen LogP contribution in [0, 0.1) is 5.39 Å². The Kier molecular flexibility index (Phi) is 4.12. The fraction of sp³-hybridized carbons (Fsp3) is 0. The van der Waals surface area contributed by atoms with Gasteiger partial charge in [-0.3, -0.25) is 9.11 Å². The van der Waals surface area contributed by atoms with Gasteiger partial charge in [-0.25, -0.2) is 0 Å². The van der Waals surface area contributed by atoms with E-state index in [1.54, 1.807) is 6.07 Å². The van der Waals surface area contributed by atoms with Crippen LogP contribution in [0.4, 0.5) is 5.69 Å². The zero-order chi connectivity index (χ0) is 12.9. The summed E-state index contributed by atoms with van der Waals surface area (Å²) in [6, 6.07) is 13.5. The van der Waals surface area contributed by atoms with Crippen LogP contribution < -0.4 is 0 Å². The summed E-state index contributed by atoms with van der Waals surface area (Å²) in [4.78, 5) is 3.20. The van der Waals surface area contributed by atoms with Crippen molar-refractivity contribution in [1.29, 1.82) is 5.39 Å². The lowest BCUT2D eigenvalue weighted by Gasteiger charge is -1.90. The highest BCUT2D eigenvalue weighted by Gasteiger charge is 2.08. The summed E-state index contributed by atoms with van der Waals surface area (Å²) in [5, 5.41) is 10.7. The number of diazo groups is 1. The van der Waals surface area contributed by atoms with Crippen LogP contribution in [-0.4, -0.2) is 17.5 Å². The summed E-state index contributed by atoms with van der Waals surface area (Å²) in [6.45, 7) is 0. The van der Waals surface area contributed by atoms with Crippen molar-refractivity contribution in [2.45, 2.75) is 0 Å². The quantitative estimate of drug-likeness (QED) is 0.555. The van der Waals surface area contributed by atoms with Crippen LogP contribution in [0.2, 0.25) is 0 Å². The van der Waals surface area contributed by atoms with Crippen LogP contribution in [-0.2, 0) is 10.4 Å². The standard InChI is InChI=1S/C10H7N2.H2O4S/c11-12-10-7-3-5-8-4-1-2-6-9(8)10;1-5(2,3)4/h1-7H;(H2,1,2,3,4)/q+1;. The zero-order valence-corrected chi connectivity index (χ0v) is 9.37. The molecule has 0 amide bonds. The molecule has 0 aromatic heterocycles. The SMILES string of the molecule is N#[N+]c1cccc2ccccc12.O=S(=O)(O)O. The molecule has 0 bridgehead atoms. The molecule has 0 radical (unpaired) electrons. The normalized spacial score (nSPS) is 10.2. The smallest absolute Gasteiger partial charge is 0.264 e. The highest BCUT2D eigenvalue weighted by atomic mass is 32.3. The second-order valence-electron chi connectivity index (χ2n) is 3.05. The fourth-order valence-corrected chi connectivity index (χ4v) is 1.30. The second-order valence-corrected chi connectivity index (χ2v) is 3.94. The van der Waals surface area contributed by atoms with Crippen LogP contribution in [0.3, 0.4) is 0 Å². The van der Waals surface area contributed by atoms with Gasteiger partial charge in [-0.05, 0) is 11.5 Å². The molecule has 0 heterocycles. The van der Waals surface area contributed by atoms with Gasteiger partial charge in [0.15, 0.2) is 4.98 Å². The monoisotopic (exact) mass is 253 g/mol. The lowest BCUT2D eigenvalue weighted by Crippen LogP contribution is -1.89. The molecule has 7 heteroatoms. The maximum Gasteiger partial charge on any atom is 0.394 e. The summed E-state index contributed by atoms with van der Waals surface area (Å²) in [5.74, 6) is 0. The molecular weight excluding hydrogens is 244 g/mol. The molecule has 2 N–H and O–H groups in total. The molecule has 0 spiro atoms. The molecule has 0 saturated carbocycles. The Hall–Kier alpha value is -2.01. The molecule has 0 fully saturated rings. The molecular formula is C10H9N2O4S+. The van der Waals surface area contributed by atoms with Gasteiger partial charge in [0.05, 0.1) is 5.39 Å². The molecule has 6 nitrogen and oxygen atoms in total. The van der Waals surface area contributed by atoms with E-state index in [-0.39, 0.29) is 0 Å². The van der Waals surface area contributed by atoms with Crippen LogP contribution in [0.15, 0.2) is 42.5 Å². The minimum atomic E-state index is -4.67. The lowest BCUT2D eigenvalue weighted by molar-refractivity contribution is 0.381. The van der Waals surface area contributed by atoms with E-state index in [4.69, 9.17) is 22.9 Å². The number of benzene rings is 2. The molecule has 88 valence electrons. The van der Waals surface area contributed by atoms with E-state index < -0.39 is 10.4 Å². The van der Waals surface area contributed by atoms with E-state index in [1.165, 1.54) is 0 Å². The van der Waals surface area contributed by atoms with Gasteiger partial charge in [-0.1, -0.05) is 30.3 Å².